The number of nitrogens with zero attached hydrogens (tertiary/aromatic N) is 14. The quantitative estimate of drug-likeness (QED) is 0.0489. The summed E-state index contributed by atoms with van der Waals surface area (Å²) in [5, 5.41) is 29.6. The predicted molar refractivity (Wildman–Crippen MR) is 366 cm³/mol. The van der Waals surface area contributed by atoms with Crippen molar-refractivity contribution in [2.24, 2.45) is 0 Å². The highest BCUT2D eigenvalue weighted by Gasteiger charge is 2.30. The lowest BCUT2D eigenvalue weighted by Crippen LogP contribution is -2.47. The van der Waals surface area contributed by atoms with Gasteiger partial charge in [0.25, 0.3) is 0 Å². The van der Waals surface area contributed by atoms with E-state index in [0.29, 0.717) is 63.3 Å². The SMILES string of the molecule is Cc1cnc(N[C@H]2CCCN(C(=O)OC(C)(C)C)C2)nc1Cl.Cc1nnc(-c2ccc3c(-c4nc(N[C@H]5CCCN(C(=O)OC(C)(C)C)C5)ncc4C)cn(COCC[Si](C)(C)C)c3n2)s1.Cc1nnc(-c2ccc3c(C)cn(COCC[Si](C)(C)C)c3n2)s1. The number of fused-ring (bicyclic) bond motifs is 2. The van der Waals surface area contributed by atoms with Crippen molar-refractivity contribution in [2.45, 2.75) is 190 Å². The minimum atomic E-state index is -1.22. The molecule has 0 aliphatic carbocycles. The van der Waals surface area contributed by atoms with E-state index >= 15 is 0 Å². The van der Waals surface area contributed by atoms with E-state index in [-0.39, 0.29) is 24.3 Å². The smallest absolute Gasteiger partial charge is 0.410 e. The van der Waals surface area contributed by atoms with Gasteiger partial charge in [0.15, 0.2) is 10.0 Å². The zero-order chi connectivity index (χ0) is 65.3. The molecule has 22 nitrogen and oxygen atoms in total. The summed E-state index contributed by atoms with van der Waals surface area (Å²) in [6, 6.07) is 10.6. The van der Waals surface area contributed by atoms with Crippen molar-refractivity contribution in [3.8, 4) is 32.7 Å². The maximum Gasteiger partial charge on any atom is 0.410 e. The van der Waals surface area contributed by atoms with Gasteiger partial charge < -0.3 is 48.5 Å². The molecule has 8 aromatic heterocycles. The lowest BCUT2D eigenvalue weighted by molar-refractivity contribution is 0.0196. The Morgan fingerprint density at radius 1 is 0.600 bits per heavy atom. The highest BCUT2D eigenvalue weighted by Crippen LogP contribution is 2.35. The van der Waals surface area contributed by atoms with E-state index in [1.54, 1.807) is 27.3 Å². The standard InChI is InChI=1S/C31H44N8O3SSi.C17H24N4OSSi.C15H23ClN4O2/c1-20-16-32-29(33-22-10-9-13-38(17-22)30(40)42-31(3,4)5)35-26(20)24-18-39(19-41-14-15-44(6,7)8)27-23(24)11-12-25(34-27)28-37-36-21(2)43-28;1-12-10-21(11-22-8-9-24(3,4)5)16-14(12)6-7-15(18-16)17-20-19-13(2)23-17;1-10-8-17-13(19-12(10)16)18-11-6-5-7-20(9-11)14(21)22-15(2,3)4/h11-12,16,18,22H,9-10,13-15,17,19H2,1-8H3,(H,32,33,35);6-7,10H,8-9,11H2,1-5H3;8,11H,5-7,9H2,1-4H3,(H,17,18,19)/t22-;;11-/m0.0/s1. The predicted octanol–water partition coefficient (Wildman–Crippen LogP) is 14.5. The number of carbonyl (C=O) groups is 2. The van der Waals surface area contributed by atoms with Gasteiger partial charge in [-0.3, -0.25) is 0 Å². The molecule has 0 radical (unpaired) electrons. The first-order valence-electron chi connectivity index (χ1n) is 30.9. The Balaban J connectivity index is 0.000000191. The highest BCUT2D eigenvalue weighted by atomic mass is 35.5. The van der Waals surface area contributed by atoms with E-state index in [1.807, 2.05) is 87.6 Å². The molecule has 10 rings (SSSR count). The number of rotatable bonds is 17. The van der Waals surface area contributed by atoms with E-state index in [4.69, 9.17) is 45.5 Å². The van der Waals surface area contributed by atoms with Gasteiger partial charge in [0, 0.05) is 114 Å². The van der Waals surface area contributed by atoms with Crippen LogP contribution < -0.4 is 10.6 Å². The second-order valence-corrected chi connectivity index (χ2v) is 41.6. The molecule has 2 saturated heterocycles. The number of aromatic nitrogens is 12. The maximum atomic E-state index is 12.7. The molecule has 0 bridgehead atoms. The van der Waals surface area contributed by atoms with Crippen LogP contribution in [0.3, 0.4) is 0 Å². The Hall–Kier alpha value is -6.56. The molecule has 8 aromatic rings. The zero-order valence-electron chi connectivity index (χ0n) is 55.6. The van der Waals surface area contributed by atoms with Gasteiger partial charge in [-0.15, -0.1) is 20.4 Å². The van der Waals surface area contributed by atoms with E-state index in [2.05, 4.69) is 126 Å². The average Bonchev–Trinajstić information content (AvgIpc) is 1.64. The number of hydrogen-bond acceptors (Lipinski definition) is 20. The molecule has 2 fully saturated rings. The number of amides is 2. The summed E-state index contributed by atoms with van der Waals surface area (Å²) in [5.41, 5.74) is 7.20. The average molecular weight is 1320 g/mol. The first-order chi connectivity index (χ1) is 42.3. The number of ether oxygens (including phenoxy) is 4. The van der Waals surface area contributed by atoms with Gasteiger partial charge in [-0.1, -0.05) is 73.6 Å². The molecule has 0 aromatic carbocycles. The fourth-order valence-electron chi connectivity index (χ4n) is 9.82. The topological polar surface area (TPSA) is 240 Å². The second-order valence-electron chi connectivity index (χ2n) is 27.6. The Kier molecular flexibility index (Phi) is 23.0. The summed E-state index contributed by atoms with van der Waals surface area (Å²) in [6.07, 6.45) is 10.8. The van der Waals surface area contributed by atoms with Crippen molar-refractivity contribution in [2.75, 3.05) is 50.0 Å². The number of anilines is 2. The fourth-order valence-corrected chi connectivity index (χ4v) is 12.8. The lowest BCUT2D eigenvalue weighted by atomic mass is 10.1. The van der Waals surface area contributed by atoms with Crippen molar-refractivity contribution >= 4 is 96.6 Å². The minimum absolute atomic E-state index is 0.0209. The van der Waals surface area contributed by atoms with Crippen LogP contribution in [0.5, 0.6) is 0 Å². The molecule has 10 heterocycles. The van der Waals surface area contributed by atoms with Gasteiger partial charge in [0.05, 0.1) is 5.69 Å². The van der Waals surface area contributed by atoms with Crippen LogP contribution in [0.1, 0.15) is 93.9 Å². The molecule has 2 amide bonds. The maximum absolute atomic E-state index is 12.7. The van der Waals surface area contributed by atoms with Gasteiger partial charge in [-0.05, 0) is 149 Å². The highest BCUT2D eigenvalue weighted by molar-refractivity contribution is 7.14. The molecule has 2 aliphatic rings. The van der Waals surface area contributed by atoms with Crippen LogP contribution in [0, 0.1) is 34.6 Å². The Morgan fingerprint density at radius 2 is 1.06 bits per heavy atom. The minimum Gasteiger partial charge on any atom is -0.444 e. The van der Waals surface area contributed by atoms with Gasteiger partial charge in [0.1, 0.15) is 62.5 Å². The number of aryl methyl sites for hydroxylation is 5. The second kappa shape index (κ2) is 29.8. The molecule has 0 unspecified atom stereocenters. The van der Waals surface area contributed by atoms with Crippen molar-refractivity contribution in [3.05, 3.63) is 80.9 Å². The first-order valence-corrected chi connectivity index (χ1v) is 40.3. The fraction of sp³-hybridized carbons (Fsp3) is 0.556. The van der Waals surface area contributed by atoms with Crippen LogP contribution in [-0.4, -0.2) is 160 Å². The van der Waals surface area contributed by atoms with Gasteiger partial charge in [-0.25, -0.2) is 39.5 Å². The number of nitrogens with one attached hydrogen (secondary N) is 2. The van der Waals surface area contributed by atoms with Gasteiger partial charge in [-0.2, -0.15) is 0 Å². The summed E-state index contributed by atoms with van der Waals surface area (Å²) < 4.78 is 27.2. The van der Waals surface area contributed by atoms with Crippen LogP contribution in [-0.2, 0) is 32.4 Å². The van der Waals surface area contributed by atoms with Crippen molar-refractivity contribution < 1.29 is 28.5 Å². The molecule has 0 saturated carbocycles. The summed E-state index contributed by atoms with van der Waals surface area (Å²) in [5.74, 6) is 1.02. The number of halogens is 1. The number of carbonyl (C=O) groups excluding carboxylic acids is 2. The third-order valence-corrected chi connectivity index (χ3v) is 20.1. The summed E-state index contributed by atoms with van der Waals surface area (Å²) in [4.78, 5) is 56.2. The Morgan fingerprint density at radius 3 is 1.51 bits per heavy atom. The number of hydrogen-bond donors (Lipinski definition) is 2. The van der Waals surface area contributed by atoms with Crippen molar-refractivity contribution in [1.29, 1.82) is 0 Å². The van der Waals surface area contributed by atoms with E-state index < -0.39 is 27.3 Å². The molecule has 2 aliphatic heterocycles. The largest absolute Gasteiger partial charge is 0.444 e. The van der Waals surface area contributed by atoms with Crippen LogP contribution in [0.15, 0.2) is 49.1 Å². The molecule has 0 spiro atoms. The van der Waals surface area contributed by atoms with Crippen LogP contribution in [0.2, 0.25) is 56.5 Å². The molecule has 27 heteroatoms. The molecular weight excluding hydrogens is 1230 g/mol. The monoisotopic (exact) mass is 1320 g/mol. The number of likely N-dealkylation sites (tertiary alicyclic amines) is 2. The molecule has 90 heavy (non-hydrogen) atoms. The van der Waals surface area contributed by atoms with E-state index in [9.17, 15) is 9.59 Å². The van der Waals surface area contributed by atoms with Crippen molar-refractivity contribution in [1.82, 2.24) is 69.2 Å². The van der Waals surface area contributed by atoms with Crippen LogP contribution in [0.4, 0.5) is 21.5 Å². The number of pyridine rings is 2. The Bertz CT molecular complexity index is 3740. The van der Waals surface area contributed by atoms with Crippen molar-refractivity contribution in [3.63, 3.8) is 0 Å². The van der Waals surface area contributed by atoms with Crippen LogP contribution >= 0.6 is 34.3 Å². The lowest BCUT2D eigenvalue weighted by Gasteiger charge is -2.34. The number of piperidine rings is 2. The molecule has 2 N–H and O–H groups in total. The molecular formula is C63H91ClN16O6S2Si2. The van der Waals surface area contributed by atoms with E-state index in [0.717, 1.165) is 114 Å². The summed E-state index contributed by atoms with van der Waals surface area (Å²) in [6.45, 7) is 40.2. The third kappa shape index (κ3) is 20.2. The van der Waals surface area contributed by atoms with Crippen LogP contribution in [0.25, 0.3) is 54.7 Å². The molecule has 2 atom stereocenters. The van der Waals surface area contributed by atoms with Gasteiger partial charge >= 0.3 is 12.2 Å². The molecule has 486 valence electrons. The zero-order valence-corrected chi connectivity index (χ0v) is 60.0. The van der Waals surface area contributed by atoms with Gasteiger partial charge in [0.2, 0.25) is 11.9 Å². The summed E-state index contributed by atoms with van der Waals surface area (Å²) in [7, 11) is -2.28. The third-order valence-electron chi connectivity index (χ3n) is 14.5. The summed E-state index contributed by atoms with van der Waals surface area (Å²) >= 11 is 9.10. The first kappa shape index (κ1) is 69.3. The van der Waals surface area contributed by atoms with E-state index in [1.165, 1.54) is 22.9 Å². The normalized spacial score (nSPS) is 15.7. The Labute approximate surface area is 544 Å².